The van der Waals surface area contributed by atoms with E-state index < -0.39 is 46.9 Å². The van der Waals surface area contributed by atoms with Crippen LogP contribution in [0.2, 0.25) is 0 Å². The van der Waals surface area contributed by atoms with Gasteiger partial charge in [0.2, 0.25) is 35.4 Å². The standard InChI is InChI=1S/C30H41N7O8S/c1-30(2,29(31)45)46-19-35-24(40)17-34-28(44)21(15-20-9-5-3-6-10-20)36-25(41)18-33-23(39)16-32-22(38)11-7-4-8-14-37-26(42)12-13-27(37)43/h3,5-6,9-10,12-13,21H,4,7-8,11,14-19H2,1-2H3,(H2,31,45)(H,32,38)(H,33,39)(H,34,44)(H,35,40)(H,36,41)/t21-/m0/s1. The van der Waals surface area contributed by atoms with Crippen LogP contribution in [-0.4, -0.2) is 95.0 Å². The maximum absolute atomic E-state index is 12.9. The third kappa shape index (κ3) is 13.9. The number of benzene rings is 1. The van der Waals surface area contributed by atoms with Gasteiger partial charge in [0.15, 0.2) is 0 Å². The predicted octanol–water partition coefficient (Wildman–Crippen LogP) is -1.38. The van der Waals surface area contributed by atoms with Gasteiger partial charge in [-0.1, -0.05) is 36.8 Å². The molecule has 0 unspecified atom stereocenters. The molecule has 1 aromatic carbocycles. The normalized spacial score (nSPS) is 13.1. The van der Waals surface area contributed by atoms with E-state index in [1.54, 1.807) is 44.2 Å². The summed E-state index contributed by atoms with van der Waals surface area (Å²) in [6.07, 6.45) is 4.35. The minimum Gasteiger partial charge on any atom is -0.368 e. The number of hydrogen-bond donors (Lipinski definition) is 6. The van der Waals surface area contributed by atoms with Crippen LogP contribution in [-0.2, 0) is 44.8 Å². The van der Waals surface area contributed by atoms with E-state index in [1.807, 2.05) is 0 Å². The third-order valence-corrected chi connectivity index (χ3v) is 7.94. The van der Waals surface area contributed by atoms with Crippen molar-refractivity contribution in [2.24, 2.45) is 5.73 Å². The second-order valence-electron chi connectivity index (χ2n) is 10.8. The van der Waals surface area contributed by atoms with Gasteiger partial charge in [-0.25, -0.2) is 0 Å². The molecule has 1 aliphatic heterocycles. The van der Waals surface area contributed by atoms with Crippen molar-refractivity contribution < 1.29 is 38.4 Å². The van der Waals surface area contributed by atoms with Crippen molar-refractivity contribution in [2.75, 3.05) is 32.1 Å². The van der Waals surface area contributed by atoms with Crippen LogP contribution in [0.1, 0.15) is 45.1 Å². The minimum atomic E-state index is -1.06. The Kier molecular flexibility index (Phi) is 15.4. The molecule has 7 N–H and O–H groups in total. The van der Waals surface area contributed by atoms with Crippen LogP contribution in [0.4, 0.5) is 0 Å². The molecule has 0 fully saturated rings. The highest BCUT2D eigenvalue weighted by Gasteiger charge is 2.26. The Balaban J connectivity index is 1.72. The Morgan fingerprint density at radius 2 is 1.37 bits per heavy atom. The zero-order chi connectivity index (χ0) is 34.1. The molecule has 250 valence electrons. The summed E-state index contributed by atoms with van der Waals surface area (Å²) in [6.45, 7) is 2.34. The van der Waals surface area contributed by atoms with Crippen LogP contribution in [0.15, 0.2) is 42.5 Å². The van der Waals surface area contributed by atoms with E-state index in [-0.39, 0.29) is 56.1 Å². The quantitative estimate of drug-likeness (QED) is 0.0550. The van der Waals surface area contributed by atoms with Crippen LogP contribution in [0.3, 0.4) is 0 Å². The molecule has 15 nitrogen and oxygen atoms in total. The summed E-state index contributed by atoms with van der Waals surface area (Å²) < 4.78 is -0.886. The van der Waals surface area contributed by atoms with Gasteiger partial charge >= 0.3 is 0 Å². The van der Waals surface area contributed by atoms with E-state index in [4.69, 9.17) is 5.73 Å². The van der Waals surface area contributed by atoms with Crippen LogP contribution in [0.25, 0.3) is 0 Å². The molecule has 16 heteroatoms. The number of nitrogens with zero attached hydrogens (tertiary/aromatic N) is 1. The number of unbranched alkanes of at least 4 members (excludes halogenated alkanes) is 2. The summed E-state index contributed by atoms with van der Waals surface area (Å²) in [5.74, 6) is -3.90. The average Bonchev–Trinajstić information content (AvgIpc) is 3.33. The lowest BCUT2D eigenvalue weighted by Gasteiger charge is -2.20. The van der Waals surface area contributed by atoms with E-state index in [0.717, 1.165) is 22.2 Å². The maximum Gasteiger partial charge on any atom is 0.253 e. The van der Waals surface area contributed by atoms with Gasteiger partial charge in [0, 0.05) is 31.5 Å². The summed E-state index contributed by atoms with van der Waals surface area (Å²) in [5, 5.41) is 12.5. The molecule has 0 bridgehead atoms. The van der Waals surface area contributed by atoms with Crippen molar-refractivity contribution in [3.8, 4) is 0 Å². The minimum absolute atomic E-state index is 0.0955. The molecule has 0 spiro atoms. The Hall–Kier alpha value is -4.73. The second-order valence-corrected chi connectivity index (χ2v) is 12.4. The maximum atomic E-state index is 12.9. The van der Waals surface area contributed by atoms with Crippen molar-refractivity contribution in [3.05, 3.63) is 48.0 Å². The Morgan fingerprint density at radius 1 is 0.783 bits per heavy atom. The molecule has 0 radical (unpaired) electrons. The smallest absolute Gasteiger partial charge is 0.253 e. The highest BCUT2D eigenvalue weighted by Crippen LogP contribution is 2.22. The average molecular weight is 660 g/mol. The summed E-state index contributed by atoms with van der Waals surface area (Å²) in [7, 11) is 0. The molecule has 1 heterocycles. The zero-order valence-electron chi connectivity index (χ0n) is 25.9. The lowest BCUT2D eigenvalue weighted by Crippen LogP contribution is -2.52. The Labute approximate surface area is 271 Å². The van der Waals surface area contributed by atoms with Crippen LogP contribution < -0.4 is 32.3 Å². The molecule has 1 aromatic rings. The molecule has 46 heavy (non-hydrogen) atoms. The molecule has 1 aliphatic rings. The number of nitrogens with one attached hydrogen (secondary N) is 5. The first kappa shape index (κ1) is 37.5. The number of primary amides is 1. The van der Waals surface area contributed by atoms with Gasteiger partial charge in [0.25, 0.3) is 11.8 Å². The molecule has 0 aromatic heterocycles. The predicted molar refractivity (Wildman–Crippen MR) is 169 cm³/mol. The topological polar surface area (TPSA) is 226 Å². The highest BCUT2D eigenvalue weighted by atomic mass is 32.2. The summed E-state index contributed by atoms with van der Waals surface area (Å²) >= 11 is 1.13. The van der Waals surface area contributed by atoms with Gasteiger partial charge in [-0.2, -0.15) is 0 Å². The fourth-order valence-corrected chi connectivity index (χ4v) is 4.65. The first-order valence-corrected chi connectivity index (χ1v) is 15.7. The Bertz CT molecular complexity index is 1300. The van der Waals surface area contributed by atoms with E-state index >= 15 is 0 Å². The third-order valence-electron chi connectivity index (χ3n) is 6.73. The van der Waals surface area contributed by atoms with Gasteiger partial charge < -0.3 is 32.3 Å². The molecular weight excluding hydrogens is 618 g/mol. The summed E-state index contributed by atoms with van der Waals surface area (Å²) in [4.78, 5) is 97.5. The molecule has 0 aliphatic carbocycles. The summed E-state index contributed by atoms with van der Waals surface area (Å²) in [5.41, 5.74) is 6.06. The molecular formula is C30H41N7O8S. The number of thioether (sulfide) groups is 1. The van der Waals surface area contributed by atoms with E-state index in [1.165, 1.54) is 12.2 Å². The van der Waals surface area contributed by atoms with Crippen LogP contribution in [0.5, 0.6) is 0 Å². The first-order valence-electron chi connectivity index (χ1n) is 14.7. The fourth-order valence-electron chi connectivity index (χ4n) is 3.92. The number of nitrogens with two attached hydrogens (primary N) is 1. The number of carbonyl (C=O) groups excluding carboxylic acids is 8. The molecule has 0 saturated heterocycles. The monoisotopic (exact) mass is 659 g/mol. The van der Waals surface area contributed by atoms with Crippen molar-refractivity contribution >= 4 is 59.0 Å². The lowest BCUT2D eigenvalue weighted by atomic mass is 10.1. The van der Waals surface area contributed by atoms with Crippen molar-refractivity contribution in [3.63, 3.8) is 0 Å². The number of amides is 8. The van der Waals surface area contributed by atoms with Gasteiger partial charge in [0.05, 0.1) is 30.3 Å². The van der Waals surface area contributed by atoms with Gasteiger partial charge in [0.1, 0.15) is 6.04 Å². The van der Waals surface area contributed by atoms with Crippen molar-refractivity contribution in [2.45, 2.75) is 56.7 Å². The van der Waals surface area contributed by atoms with Gasteiger partial charge in [-0.3, -0.25) is 43.3 Å². The van der Waals surface area contributed by atoms with Crippen molar-refractivity contribution in [1.82, 2.24) is 31.5 Å². The van der Waals surface area contributed by atoms with E-state index in [2.05, 4.69) is 26.6 Å². The second kappa shape index (κ2) is 18.9. The van der Waals surface area contributed by atoms with Crippen LogP contribution >= 0.6 is 11.8 Å². The molecule has 8 amide bonds. The number of rotatable bonds is 20. The van der Waals surface area contributed by atoms with Gasteiger partial charge in [-0.05, 0) is 32.3 Å². The Morgan fingerprint density at radius 3 is 2.02 bits per heavy atom. The lowest BCUT2D eigenvalue weighted by molar-refractivity contribution is -0.137. The van der Waals surface area contributed by atoms with Gasteiger partial charge in [-0.15, -0.1) is 11.8 Å². The van der Waals surface area contributed by atoms with E-state index in [0.29, 0.717) is 19.3 Å². The SMILES string of the molecule is CC(C)(SCNC(=O)CNC(=O)[C@H](Cc1ccccc1)NC(=O)CNC(=O)CNC(=O)CCCCCN1C(=O)C=CC1=O)C(N)=O. The van der Waals surface area contributed by atoms with Crippen LogP contribution in [0, 0.1) is 0 Å². The number of imide groups is 1. The van der Waals surface area contributed by atoms with E-state index in [9.17, 15) is 38.4 Å². The highest BCUT2D eigenvalue weighted by molar-refractivity contribution is 8.01. The first-order chi connectivity index (χ1) is 21.8. The largest absolute Gasteiger partial charge is 0.368 e. The molecule has 1 atom stereocenters. The van der Waals surface area contributed by atoms with Crippen molar-refractivity contribution in [1.29, 1.82) is 0 Å². The fraction of sp³-hybridized carbons (Fsp3) is 0.467. The summed E-state index contributed by atoms with van der Waals surface area (Å²) in [6, 6.07) is 7.84. The number of hydrogen-bond acceptors (Lipinski definition) is 9. The molecule has 0 saturated carbocycles. The zero-order valence-corrected chi connectivity index (χ0v) is 26.7. The number of carbonyl (C=O) groups is 8. The molecule has 2 rings (SSSR count).